The summed E-state index contributed by atoms with van der Waals surface area (Å²) in [5, 5.41) is 8.57. The van der Waals surface area contributed by atoms with Crippen LogP contribution in [-0.2, 0) is 39.3 Å². The van der Waals surface area contributed by atoms with Gasteiger partial charge in [-0.2, -0.15) is 6.07 Å². The van der Waals surface area contributed by atoms with Crippen LogP contribution in [0.4, 0.5) is 0 Å². The maximum absolute atomic E-state index is 10.7. The third kappa shape index (κ3) is 16.9. The molecular formula is C21H30IN6O2Y-. The number of nitrogens with zero attached hydrogens (tertiary/aromatic N) is 6. The summed E-state index contributed by atoms with van der Waals surface area (Å²) in [6.45, 7) is 10.5. The van der Waals surface area contributed by atoms with Crippen molar-refractivity contribution in [2.24, 2.45) is 0 Å². The van der Waals surface area contributed by atoms with Gasteiger partial charge in [-0.25, -0.2) is 26.9 Å². The topological polar surface area (TPSA) is 115 Å². The molecule has 0 saturated carbocycles. The number of aryl methyl sites for hydroxylation is 3. The molecule has 0 saturated heterocycles. The quantitative estimate of drug-likeness (QED) is 0.200. The summed E-state index contributed by atoms with van der Waals surface area (Å²) >= 11 is 2.15. The molecule has 0 spiro atoms. The van der Waals surface area contributed by atoms with E-state index in [9.17, 15) is 4.79 Å². The molecule has 3 heterocycles. The van der Waals surface area contributed by atoms with Crippen molar-refractivity contribution < 1.29 is 42.6 Å². The predicted octanol–water partition coefficient (Wildman–Crippen LogP) is 3.92. The molecule has 3 aromatic heterocycles. The van der Waals surface area contributed by atoms with E-state index in [0.717, 1.165) is 11.5 Å². The molecule has 0 aliphatic heterocycles. The van der Waals surface area contributed by atoms with E-state index in [1.54, 1.807) is 50.6 Å². The van der Waals surface area contributed by atoms with Gasteiger partial charge in [-0.1, -0.05) is 35.7 Å². The number of hydrogen-bond acceptors (Lipinski definition) is 8. The molecule has 31 heavy (non-hydrogen) atoms. The molecule has 167 valence electrons. The number of alkyl halides is 1. The van der Waals surface area contributed by atoms with Gasteiger partial charge in [0.25, 0.3) is 0 Å². The number of hydrogen-bond donors (Lipinski definition) is 1. The molecule has 0 aromatic carbocycles. The minimum absolute atomic E-state index is 0. The second-order valence-corrected chi connectivity index (χ2v) is 5.39. The monoisotopic (exact) mass is 614 g/mol. The fraction of sp³-hybridized carbons (Fsp3) is 0.333. The van der Waals surface area contributed by atoms with E-state index in [-0.39, 0.29) is 52.5 Å². The van der Waals surface area contributed by atoms with Crippen LogP contribution >= 0.6 is 22.6 Å². The van der Waals surface area contributed by atoms with Crippen LogP contribution in [-0.4, -0.2) is 45.7 Å². The minimum Gasteiger partial charge on any atom is -0.390 e. The van der Waals surface area contributed by atoms with Crippen LogP contribution in [0.3, 0.4) is 0 Å². The number of halogens is 1. The number of carbonyl (C=O) groups is 1. The van der Waals surface area contributed by atoms with Crippen molar-refractivity contribution >= 4 is 28.4 Å². The largest absolute Gasteiger partial charge is 0.390 e. The first-order valence-corrected chi connectivity index (χ1v) is 10.7. The Labute approximate surface area is 224 Å². The average molecular weight is 614 g/mol. The van der Waals surface area contributed by atoms with Crippen molar-refractivity contribution in [3.8, 4) is 0 Å². The van der Waals surface area contributed by atoms with Gasteiger partial charge in [-0.15, -0.1) is 0 Å². The van der Waals surface area contributed by atoms with Crippen LogP contribution in [0.25, 0.3) is 0 Å². The van der Waals surface area contributed by atoms with Crippen molar-refractivity contribution in [2.75, 3.05) is 4.93 Å². The molecule has 0 atom stereocenters. The van der Waals surface area contributed by atoms with Crippen LogP contribution < -0.4 is 0 Å². The van der Waals surface area contributed by atoms with Gasteiger partial charge >= 0.3 is 0 Å². The number of carbonyl (C=O) groups excluding carboxylic acids is 1. The number of rotatable bonds is 2. The van der Waals surface area contributed by atoms with Crippen LogP contribution in [0.5, 0.6) is 0 Å². The molecule has 0 aliphatic rings. The van der Waals surface area contributed by atoms with E-state index in [1.165, 1.54) is 6.92 Å². The van der Waals surface area contributed by atoms with E-state index >= 15 is 0 Å². The Bertz CT molecular complexity index is 866. The van der Waals surface area contributed by atoms with Crippen LogP contribution in [0, 0.1) is 27.7 Å². The molecule has 0 amide bonds. The number of ketones is 1. The summed E-state index contributed by atoms with van der Waals surface area (Å²) in [5.41, 5.74) is 1.92. The Morgan fingerprint density at radius 1 is 0.903 bits per heavy atom. The van der Waals surface area contributed by atoms with Crippen LogP contribution in [0.2, 0.25) is 0 Å². The third-order valence-corrected chi connectivity index (χ3v) is 2.97. The summed E-state index contributed by atoms with van der Waals surface area (Å²) in [6, 6.07) is 5.06. The van der Waals surface area contributed by atoms with Crippen molar-refractivity contribution in [1.82, 2.24) is 29.9 Å². The van der Waals surface area contributed by atoms with Crippen molar-refractivity contribution in [3.05, 3.63) is 78.3 Å². The molecule has 0 unspecified atom stereocenters. The van der Waals surface area contributed by atoms with Crippen LogP contribution in [0.1, 0.15) is 53.7 Å². The Morgan fingerprint density at radius 3 is 1.65 bits per heavy atom. The molecule has 3 aromatic rings. The van der Waals surface area contributed by atoms with Gasteiger partial charge in [0.05, 0.1) is 12.3 Å². The van der Waals surface area contributed by atoms with E-state index < -0.39 is 0 Å². The number of aliphatic hydroxyl groups is 1. The first-order valence-electron chi connectivity index (χ1n) is 8.51. The molecule has 10 heteroatoms. The summed E-state index contributed by atoms with van der Waals surface area (Å²) < 4.78 is 0. The van der Waals surface area contributed by atoms with Crippen molar-refractivity contribution in [3.63, 3.8) is 0 Å². The molecule has 1 N–H and O–H groups in total. The molecule has 8 nitrogen and oxygen atoms in total. The smallest absolute Gasteiger partial charge is 0.178 e. The maximum atomic E-state index is 10.7. The van der Waals surface area contributed by atoms with E-state index in [2.05, 4.69) is 59.4 Å². The van der Waals surface area contributed by atoms with Gasteiger partial charge in [0.2, 0.25) is 0 Å². The molecule has 0 fully saturated rings. The fourth-order valence-corrected chi connectivity index (χ4v) is 1.75. The standard InChI is InChI=1S/C7H8N2O.C6H8N2O.C6H7N2.CH3I.CH4.Y/c1-5(10)7-3-4-8-6(2)9-7;1-5-7-3-2-6(4-9)8-5;1-5-3-4-7-6(2)8-5;1-2;;/h3-4H,1-2H3;2-3,9H,4H2,1H3;3-4H,1H2,2H3;1H3;1H4;/q;;-1;;;. The zero-order chi connectivity index (χ0) is 22.2. The third-order valence-electron chi connectivity index (χ3n) is 2.97. The minimum atomic E-state index is -0.0227. The second-order valence-electron chi connectivity index (χ2n) is 5.39. The maximum Gasteiger partial charge on any atom is 0.178 e. The number of aromatic nitrogens is 6. The number of Topliss-reactive ketones (excluding diaryl/α,β-unsaturated/α-hetero) is 1. The zero-order valence-electron chi connectivity index (χ0n) is 17.9. The first-order chi connectivity index (χ1) is 13.8. The van der Waals surface area contributed by atoms with Gasteiger partial charge in [-0.05, 0) is 44.0 Å². The van der Waals surface area contributed by atoms with Gasteiger partial charge in [0.15, 0.2) is 5.78 Å². The van der Waals surface area contributed by atoms with Crippen molar-refractivity contribution in [2.45, 2.75) is 41.7 Å². The molecular weight excluding hydrogens is 584 g/mol. The van der Waals surface area contributed by atoms with Crippen molar-refractivity contribution in [1.29, 1.82) is 0 Å². The summed E-state index contributed by atoms with van der Waals surface area (Å²) in [4.78, 5) is 36.1. The van der Waals surface area contributed by atoms with Gasteiger partial charge in [-0.3, -0.25) is 14.8 Å². The zero-order valence-corrected chi connectivity index (χ0v) is 22.9. The van der Waals surface area contributed by atoms with Crippen LogP contribution in [0.15, 0.2) is 36.8 Å². The second kappa shape index (κ2) is 20.5. The predicted molar refractivity (Wildman–Crippen MR) is 127 cm³/mol. The van der Waals surface area contributed by atoms with Gasteiger partial charge in [0, 0.05) is 52.0 Å². The molecule has 1 radical (unpaired) electrons. The van der Waals surface area contributed by atoms with Gasteiger partial charge in [0.1, 0.15) is 23.2 Å². The average Bonchev–Trinajstić information content (AvgIpc) is 2.70. The Hall–Kier alpha value is -1.43. The molecule has 3 rings (SSSR count). The normalized spacial score (nSPS) is 8.35. The van der Waals surface area contributed by atoms with Gasteiger partial charge < -0.3 is 5.11 Å². The summed E-state index contributed by atoms with van der Waals surface area (Å²) in [5.74, 6) is 2.08. The Kier molecular flexibility index (Phi) is 22.6. The van der Waals surface area contributed by atoms with E-state index in [4.69, 9.17) is 5.11 Å². The Balaban J connectivity index is -0.000000355. The summed E-state index contributed by atoms with van der Waals surface area (Å²) in [7, 11) is 0. The molecule has 0 bridgehead atoms. The Morgan fingerprint density at radius 2 is 1.35 bits per heavy atom. The summed E-state index contributed by atoms with van der Waals surface area (Å²) in [6.07, 6.45) is 4.91. The van der Waals surface area contributed by atoms with E-state index in [0.29, 0.717) is 23.0 Å². The molecule has 0 aliphatic carbocycles. The van der Waals surface area contributed by atoms with E-state index in [1.807, 2.05) is 11.9 Å². The first kappa shape index (κ1) is 34.2. The fourth-order valence-electron chi connectivity index (χ4n) is 1.75. The number of aliphatic hydroxyl groups excluding tert-OH is 1. The SMILES string of the molecule is C.CC(=O)c1ccnc(C)n1.CI.Cc1nccc(CO)n1.[CH2-]c1ccnc(C)n1.[Y].